The van der Waals surface area contributed by atoms with Crippen LogP contribution in [0.4, 0.5) is 0 Å². The number of hydrogen-bond donors (Lipinski definition) is 2. The second-order valence-corrected chi connectivity index (χ2v) is 7.62. The van der Waals surface area contributed by atoms with E-state index in [9.17, 15) is 5.26 Å². The zero-order valence-corrected chi connectivity index (χ0v) is 18.6. The van der Waals surface area contributed by atoms with Gasteiger partial charge in [0, 0.05) is 10.0 Å². The first kappa shape index (κ1) is 20.6. The predicted molar refractivity (Wildman–Crippen MR) is 117 cm³/mol. The van der Waals surface area contributed by atoms with Gasteiger partial charge in [-0.05, 0) is 29.8 Å². The molecule has 0 spiro atoms. The number of allylic oxidation sites excluding steroid dienone is 1. The summed E-state index contributed by atoms with van der Waals surface area (Å²) in [4.78, 5) is 0. The van der Waals surface area contributed by atoms with E-state index >= 15 is 0 Å². The highest BCUT2D eigenvalue weighted by Gasteiger charge is 2.36. The molecular formula is C22H19BrN4O4. The van der Waals surface area contributed by atoms with Crippen LogP contribution in [0.1, 0.15) is 17.0 Å². The van der Waals surface area contributed by atoms with E-state index in [0.717, 1.165) is 21.3 Å². The van der Waals surface area contributed by atoms with Crippen LogP contribution in [0.2, 0.25) is 0 Å². The maximum Gasteiger partial charge on any atom is 0.244 e. The van der Waals surface area contributed by atoms with Crippen molar-refractivity contribution >= 4 is 15.9 Å². The number of aromatic nitrogens is 2. The number of methoxy groups -OCH3 is 3. The average molecular weight is 483 g/mol. The number of nitrogens with two attached hydrogens (primary N) is 1. The van der Waals surface area contributed by atoms with E-state index in [0.29, 0.717) is 28.7 Å². The third kappa shape index (κ3) is 3.45. The molecule has 1 aromatic heterocycles. The van der Waals surface area contributed by atoms with E-state index in [1.807, 2.05) is 24.3 Å². The van der Waals surface area contributed by atoms with Gasteiger partial charge >= 0.3 is 0 Å². The smallest absolute Gasteiger partial charge is 0.244 e. The molecule has 0 saturated carbocycles. The Morgan fingerprint density at radius 1 is 1.10 bits per heavy atom. The summed E-state index contributed by atoms with van der Waals surface area (Å²) in [5.41, 5.74) is 9.38. The molecule has 1 unspecified atom stereocenters. The minimum atomic E-state index is -0.556. The summed E-state index contributed by atoms with van der Waals surface area (Å²) in [6, 6.07) is 13.5. The van der Waals surface area contributed by atoms with Gasteiger partial charge in [-0.15, -0.1) is 5.10 Å². The molecule has 3 N–H and O–H groups in total. The Hall–Kier alpha value is -3.64. The van der Waals surface area contributed by atoms with Crippen molar-refractivity contribution in [2.45, 2.75) is 5.92 Å². The van der Waals surface area contributed by atoms with Gasteiger partial charge in [-0.25, -0.2) is 0 Å². The molecule has 2 heterocycles. The number of halogens is 1. The van der Waals surface area contributed by atoms with Gasteiger partial charge in [-0.1, -0.05) is 28.1 Å². The number of nitrogens with zero attached hydrogens (tertiary/aromatic N) is 2. The molecule has 1 aliphatic rings. The van der Waals surface area contributed by atoms with Crippen LogP contribution in [-0.4, -0.2) is 31.5 Å². The van der Waals surface area contributed by atoms with E-state index in [4.69, 9.17) is 24.7 Å². The highest BCUT2D eigenvalue weighted by molar-refractivity contribution is 9.10. The minimum absolute atomic E-state index is 0.00241. The highest BCUT2D eigenvalue weighted by atomic mass is 79.9. The van der Waals surface area contributed by atoms with Crippen LogP contribution in [0.15, 0.2) is 52.3 Å². The van der Waals surface area contributed by atoms with E-state index in [1.54, 1.807) is 12.1 Å². The van der Waals surface area contributed by atoms with Gasteiger partial charge in [-0.3, -0.25) is 5.10 Å². The minimum Gasteiger partial charge on any atom is -0.493 e. The van der Waals surface area contributed by atoms with Crippen LogP contribution in [-0.2, 0) is 0 Å². The highest BCUT2D eigenvalue weighted by Crippen LogP contribution is 2.49. The third-order valence-electron chi connectivity index (χ3n) is 5.09. The quantitative estimate of drug-likeness (QED) is 0.562. The van der Waals surface area contributed by atoms with Crippen molar-refractivity contribution in [2.75, 3.05) is 21.3 Å². The number of rotatable bonds is 5. The summed E-state index contributed by atoms with van der Waals surface area (Å²) < 4.78 is 23.1. The van der Waals surface area contributed by atoms with Crippen molar-refractivity contribution in [2.24, 2.45) is 5.73 Å². The van der Waals surface area contributed by atoms with Gasteiger partial charge in [-0.2, -0.15) is 5.26 Å². The van der Waals surface area contributed by atoms with Crippen LogP contribution in [0.5, 0.6) is 23.1 Å². The molecule has 0 fully saturated rings. The van der Waals surface area contributed by atoms with Gasteiger partial charge in [0.1, 0.15) is 11.6 Å². The Labute approximate surface area is 187 Å². The van der Waals surface area contributed by atoms with Crippen molar-refractivity contribution in [3.63, 3.8) is 0 Å². The first-order valence-electron chi connectivity index (χ1n) is 9.24. The third-order valence-corrected chi connectivity index (χ3v) is 5.62. The van der Waals surface area contributed by atoms with Crippen molar-refractivity contribution in [3.8, 4) is 40.5 Å². The zero-order valence-electron chi connectivity index (χ0n) is 17.0. The van der Waals surface area contributed by atoms with E-state index in [-0.39, 0.29) is 11.5 Å². The second kappa shape index (κ2) is 8.24. The SMILES string of the molecule is COc1cc(C2C(C#N)=C(N)Oc3n[nH]c(-c4ccc(Br)cc4)c32)cc(OC)c1OC. The van der Waals surface area contributed by atoms with Crippen molar-refractivity contribution in [1.29, 1.82) is 5.26 Å². The van der Waals surface area contributed by atoms with Crippen LogP contribution < -0.4 is 24.7 Å². The number of nitriles is 1. The lowest BCUT2D eigenvalue weighted by atomic mass is 9.82. The van der Waals surface area contributed by atoms with Crippen LogP contribution in [0.3, 0.4) is 0 Å². The number of ether oxygens (including phenoxy) is 4. The van der Waals surface area contributed by atoms with E-state index < -0.39 is 5.92 Å². The van der Waals surface area contributed by atoms with Gasteiger partial charge in [0.15, 0.2) is 11.5 Å². The Bertz CT molecular complexity index is 1190. The van der Waals surface area contributed by atoms with Gasteiger partial charge < -0.3 is 24.7 Å². The molecule has 8 nitrogen and oxygen atoms in total. The summed E-state index contributed by atoms with van der Waals surface area (Å²) in [6.07, 6.45) is 0. The molecule has 0 bridgehead atoms. The Morgan fingerprint density at radius 2 is 1.74 bits per heavy atom. The topological polar surface area (TPSA) is 115 Å². The van der Waals surface area contributed by atoms with Crippen molar-refractivity contribution in [1.82, 2.24) is 10.2 Å². The summed E-state index contributed by atoms with van der Waals surface area (Å²) in [5.74, 6) is 1.15. The number of aromatic amines is 1. The average Bonchev–Trinajstić information content (AvgIpc) is 3.20. The van der Waals surface area contributed by atoms with Gasteiger partial charge in [0.25, 0.3) is 0 Å². The summed E-state index contributed by atoms with van der Waals surface area (Å²) >= 11 is 3.45. The number of fused-ring (bicyclic) bond motifs is 1. The van der Waals surface area contributed by atoms with Crippen molar-refractivity contribution < 1.29 is 18.9 Å². The lowest BCUT2D eigenvalue weighted by Gasteiger charge is -2.25. The largest absolute Gasteiger partial charge is 0.493 e. The number of benzene rings is 2. The van der Waals surface area contributed by atoms with Crippen LogP contribution in [0, 0.1) is 11.3 Å². The summed E-state index contributed by atoms with van der Waals surface area (Å²) in [6.45, 7) is 0. The van der Waals surface area contributed by atoms with E-state index in [1.165, 1.54) is 21.3 Å². The normalized spacial score (nSPS) is 15.0. The second-order valence-electron chi connectivity index (χ2n) is 6.71. The van der Waals surface area contributed by atoms with Crippen LogP contribution in [0.25, 0.3) is 11.3 Å². The van der Waals surface area contributed by atoms with Gasteiger partial charge in [0.05, 0.1) is 38.5 Å². The molecule has 4 rings (SSSR count). The molecule has 0 aliphatic carbocycles. The standard InChI is InChI=1S/C22H19BrN4O4/c1-28-15-8-12(9-16(29-2)20(15)30-3)17-14(10-24)21(25)31-22-18(17)19(26-27-22)11-4-6-13(23)7-5-11/h4-9,17H,25H2,1-3H3,(H,26,27). The monoisotopic (exact) mass is 482 g/mol. The van der Waals surface area contributed by atoms with E-state index in [2.05, 4.69) is 32.2 Å². The number of nitrogens with one attached hydrogen (secondary N) is 1. The fourth-order valence-electron chi connectivity index (χ4n) is 3.68. The number of hydrogen-bond acceptors (Lipinski definition) is 7. The molecule has 0 radical (unpaired) electrons. The zero-order chi connectivity index (χ0) is 22.1. The summed E-state index contributed by atoms with van der Waals surface area (Å²) in [7, 11) is 4.61. The molecule has 1 aliphatic heterocycles. The molecule has 0 saturated heterocycles. The molecule has 9 heteroatoms. The van der Waals surface area contributed by atoms with Crippen molar-refractivity contribution in [3.05, 3.63) is 63.5 Å². The lowest BCUT2D eigenvalue weighted by Crippen LogP contribution is -2.21. The molecule has 158 valence electrons. The molecule has 31 heavy (non-hydrogen) atoms. The fourth-order valence-corrected chi connectivity index (χ4v) is 3.95. The first-order valence-corrected chi connectivity index (χ1v) is 10.0. The fraction of sp³-hybridized carbons (Fsp3) is 0.182. The lowest BCUT2D eigenvalue weighted by molar-refractivity contribution is 0.323. The molecule has 1 atom stereocenters. The van der Waals surface area contributed by atoms with Crippen LogP contribution >= 0.6 is 15.9 Å². The molecule has 3 aromatic rings. The maximum atomic E-state index is 9.92. The number of H-pyrrole nitrogens is 1. The Balaban J connectivity index is 1.97. The maximum absolute atomic E-state index is 9.92. The molecule has 0 amide bonds. The van der Waals surface area contributed by atoms with Gasteiger partial charge in [0.2, 0.25) is 17.5 Å². The predicted octanol–water partition coefficient (Wildman–Crippen LogP) is 4.08. The first-order chi connectivity index (χ1) is 15.0. The Kier molecular flexibility index (Phi) is 5.48. The molecule has 2 aromatic carbocycles. The molecular weight excluding hydrogens is 464 g/mol. The summed E-state index contributed by atoms with van der Waals surface area (Å²) in [5, 5.41) is 17.2. The Morgan fingerprint density at radius 3 is 2.29 bits per heavy atom.